The molecule has 110 valence electrons. The van der Waals surface area contributed by atoms with Crippen LogP contribution in [0.1, 0.15) is 11.1 Å². The average molecular weight is 307 g/mol. The molecule has 0 unspecified atom stereocenters. The number of imide groups is 1. The van der Waals surface area contributed by atoms with E-state index in [-0.39, 0.29) is 23.7 Å². The van der Waals surface area contributed by atoms with Gasteiger partial charge >= 0.3 is 0 Å². The van der Waals surface area contributed by atoms with Crippen molar-refractivity contribution in [3.05, 3.63) is 28.3 Å². The molecule has 1 N–H and O–H groups in total. The highest BCUT2D eigenvalue weighted by molar-refractivity contribution is 6.30. The summed E-state index contributed by atoms with van der Waals surface area (Å²) >= 11 is 6.16. The number of ether oxygens (including phenoxy) is 1. The van der Waals surface area contributed by atoms with Crippen molar-refractivity contribution in [2.45, 2.75) is 13.0 Å². The van der Waals surface area contributed by atoms with Gasteiger partial charge in [0, 0.05) is 36.6 Å². The van der Waals surface area contributed by atoms with E-state index in [9.17, 15) is 9.59 Å². The maximum atomic E-state index is 11.7. The number of hydrogen-bond donors (Lipinski definition) is 1. The van der Waals surface area contributed by atoms with Gasteiger partial charge in [0.05, 0.1) is 18.4 Å². The highest BCUT2D eigenvalue weighted by Crippen LogP contribution is 2.36. The lowest BCUT2D eigenvalue weighted by molar-refractivity contribution is -0.126. The molecule has 21 heavy (non-hydrogen) atoms. The van der Waals surface area contributed by atoms with E-state index in [4.69, 9.17) is 16.3 Å². The van der Waals surface area contributed by atoms with E-state index in [0.717, 1.165) is 23.3 Å². The van der Waals surface area contributed by atoms with Gasteiger partial charge in [0.25, 0.3) is 0 Å². The molecule has 1 aromatic carbocycles. The lowest BCUT2D eigenvalue weighted by Gasteiger charge is -2.18. The molecule has 1 aromatic rings. The predicted molar refractivity (Wildman–Crippen MR) is 76.1 cm³/mol. The number of carbonyl (C=O) groups is 2. The van der Waals surface area contributed by atoms with Crippen molar-refractivity contribution >= 4 is 23.4 Å². The first kappa shape index (κ1) is 13.1. The highest BCUT2D eigenvalue weighted by Gasteiger charge is 2.47. The normalized spacial score (nSPS) is 27.5. The van der Waals surface area contributed by atoms with Crippen LogP contribution >= 0.6 is 11.6 Å². The summed E-state index contributed by atoms with van der Waals surface area (Å²) in [6, 6.07) is 3.87. The second kappa shape index (κ2) is 4.71. The van der Waals surface area contributed by atoms with Crippen molar-refractivity contribution < 1.29 is 14.3 Å². The van der Waals surface area contributed by atoms with Crippen LogP contribution in [0.4, 0.5) is 0 Å². The van der Waals surface area contributed by atoms with Crippen LogP contribution < -0.4 is 10.1 Å². The molecule has 0 saturated carbocycles. The molecule has 0 spiro atoms. The molecule has 2 saturated heterocycles. The summed E-state index contributed by atoms with van der Waals surface area (Å²) in [6.45, 7) is 2.58. The first-order valence-corrected chi connectivity index (χ1v) is 7.51. The maximum Gasteiger partial charge on any atom is 0.231 e. The lowest BCUT2D eigenvalue weighted by atomic mass is 10.00. The van der Waals surface area contributed by atoms with E-state index in [2.05, 4.69) is 10.2 Å². The van der Waals surface area contributed by atoms with Gasteiger partial charge in [-0.25, -0.2) is 0 Å². The lowest BCUT2D eigenvalue weighted by Crippen LogP contribution is -2.31. The van der Waals surface area contributed by atoms with Gasteiger partial charge in [-0.3, -0.25) is 19.8 Å². The number of halogens is 1. The summed E-state index contributed by atoms with van der Waals surface area (Å²) in [5.74, 6) is 0.240. The molecule has 2 atom stereocenters. The van der Waals surface area contributed by atoms with Crippen molar-refractivity contribution in [1.29, 1.82) is 0 Å². The Bertz CT molecular complexity index is 624. The molecule has 0 bridgehead atoms. The summed E-state index contributed by atoms with van der Waals surface area (Å²) in [4.78, 5) is 25.5. The van der Waals surface area contributed by atoms with Crippen LogP contribution in [-0.2, 0) is 22.6 Å². The van der Waals surface area contributed by atoms with E-state index in [1.54, 1.807) is 0 Å². The Kier molecular flexibility index (Phi) is 2.94. The van der Waals surface area contributed by atoms with Crippen molar-refractivity contribution in [2.24, 2.45) is 11.8 Å². The maximum absolute atomic E-state index is 11.7. The molecule has 3 aliphatic rings. The Morgan fingerprint density at radius 2 is 1.95 bits per heavy atom. The van der Waals surface area contributed by atoms with Crippen LogP contribution in [0.5, 0.6) is 5.75 Å². The predicted octanol–water partition coefficient (Wildman–Crippen LogP) is 0.979. The number of rotatable bonds is 2. The van der Waals surface area contributed by atoms with Crippen molar-refractivity contribution in [3.63, 3.8) is 0 Å². The Hall–Kier alpha value is -1.59. The third-order valence-electron chi connectivity index (χ3n) is 4.53. The Labute approximate surface area is 127 Å². The number of amides is 2. The van der Waals surface area contributed by atoms with E-state index >= 15 is 0 Å². The minimum Gasteiger partial charge on any atom is -0.493 e. The molecule has 0 radical (unpaired) electrons. The smallest absolute Gasteiger partial charge is 0.231 e. The number of nitrogens with one attached hydrogen (secondary N) is 1. The van der Waals surface area contributed by atoms with Gasteiger partial charge < -0.3 is 4.74 Å². The summed E-state index contributed by atoms with van der Waals surface area (Å²) in [5, 5.41) is 3.11. The summed E-state index contributed by atoms with van der Waals surface area (Å²) in [5.41, 5.74) is 2.19. The SMILES string of the molecule is O=C1NC(=O)[C@@H]2CN(Cc3cc(Cl)cc4c3OCC4)C[C@H]12. The molecule has 0 aliphatic carbocycles. The number of fused-ring (bicyclic) bond motifs is 2. The van der Waals surface area contributed by atoms with E-state index < -0.39 is 0 Å². The fraction of sp³-hybridized carbons (Fsp3) is 0.467. The van der Waals surface area contributed by atoms with Crippen LogP contribution in [0.15, 0.2) is 12.1 Å². The van der Waals surface area contributed by atoms with E-state index in [1.807, 2.05) is 12.1 Å². The molecule has 6 heteroatoms. The average Bonchev–Trinajstić information content (AvgIpc) is 3.09. The van der Waals surface area contributed by atoms with Crippen molar-refractivity contribution in [3.8, 4) is 5.75 Å². The van der Waals surface area contributed by atoms with Gasteiger partial charge in [0.15, 0.2) is 0 Å². The fourth-order valence-corrected chi connectivity index (χ4v) is 3.82. The van der Waals surface area contributed by atoms with Crippen LogP contribution in [-0.4, -0.2) is 36.4 Å². The number of nitrogens with zero attached hydrogens (tertiary/aromatic N) is 1. The molecule has 2 amide bonds. The van der Waals surface area contributed by atoms with Crippen LogP contribution in [0.3, 0.4) is 0 Å². The highest BCUT2D eigenvalue weighted by atomic mass is 35.5. The zero-order valence-electron chi connectivity index (χ0n) is 11.4. The van der Waals surface area contributed by atoms with E-state index in [0.29, 0.717) is 31.3 Å². The van der Waals surface area contributed by atoms with Crippen molar-refractivity contribution in [2.75, 3.05) is 19.7 Å². The van der Waals surface area contributed by atoms with Gasteiger partial charge in [0.2, 0.25) is 11.8 Å². The molecular weight excluding hydrogens is 292 g/mol. The molecule has 4 rings (SSSR count). The third-order valence-corrected chi connectivity index (χ3v) is 4.75. The second-order valence-electron chi connectivity index (χ2n) is 5.91. The second-order valence-corrected chi connectivity index (χ2v) is 6.35. The standard InChI is InChI=1S/C15H15ClN2O3/c16-10-3-8-1-2-21-13(8)9(4-10)5-18-6-11-12(7-18)15(20)17-14(11)19/h3-4,11-12H,1-2,5-7H2,(H,17,19,20)/t11-,12+. The van der Waals surface area contributed by atoms with E-state index in [1.165, 1.54) is 0 Å². The van der Waals surface area contributed by atoms with Crippen LogP contribution in [0, 0.1) is 11.8 Å². The molecular formula is C15H15ClN2O3. The third kappa shape index (κ3) is 2.12. The first-order valence-electron chi connectivity index (χ1n) is 7.13. The number of likely N-dealkylation sites (tertiary alicyclic amines) is 1. The first-order chi connectivity index (χ1) is 10.1. The monoisotopic (exact) mass is 306 g/mol. The summed E-state index contributed by atoms with van der Waals surface area (Å²) in [7, 11) is 0. The fourth-order valence-electron chi connectivity index (χ4n) is 3.56. The van der Waals surface area contributed by atoms with Crippen LogP contribution in [0.2, 0.25) is 5.02 Å². The van der Waals surface area contributed by atoms with Gasteiger partial charge in [-0.2, -0.15) is 0 Å². The number of carbonyl (C=O) groups excluding carboxylic acids is 2. The van der Waals surface area contributed by atoms with Gasteiger partial charge in [-0.1, -0.05) is 11.6 Å². The Balaban J connectivity index is 1.56. The zero-order chi connectivity index (χ0) is 14.6. The molecule has 0 aromatic heterocycles. The van der Waals surface area contributed by atoms with Crippen molar-refractivity contribution in [1.82, 2.24) is 10.2 Å². The Morgan fingerprint density at radius 1 is 1.24 bits per heavy atom. The summed E-state index contributed by atoms with van der Waals surface area (Å²) in [6.07, 6.45) is 0.884. The minimum absolute atomic E-state index is 0.139. The quantitative estimate of drug-likeness (QED) is 0.828. The zero-order valence-corrected chi connectivity index (χ0v) is 12.2. The van der Waals surface area contributed by atoms with Gasteiger partial charge in [-0.05, 0) is 17.7 Å². The largest absolute Gasteiger partial charge is 0.493 e. The molecule has 3 heterocycles. The number of benzene rings is 1. The number of hydrogen-bond acceptors (Lipinski definition) is 4. The molecule has 3 aliphatic heterocycles. The van der Waals surface area contributed by atoms with Crippen LogP contribution in [0.25, 0.3) is 0 Å². The topological polar surface area (TPSA) is 58.6 Å². The Morgan fingerprint density at radius 3 is 2.67 bits per heavy atom. The van der Waals surface area contributed by atoms with Gasteiger partial charge in [-0.15, -0.1) is 0 Å². The molecule has 2 fully saturated rings. The minimum atomic E-state index is -0.203. The summed E-state index contributed by atoms with van der Waals surface area (Å²) < 4.78 is 5.70. The van der Waals surface area contributed by atoms with Gasteiger partial charge in [0.1, 0.15) is 5.75 Å². The molecule has 5 nitrogen and oxygen atoms in total.